The van der Waals surface area contributed by atoms with Crippen LogP contribution in [0.4, 0.5) is 14.5 Å². The first-order valence-corrected chi connectivity index (χ1v) is 7.22. The maximum Gasteiger partial charge on any atom is 0.341 e. The molecule has 1 aromatic heterocycles. The van der Waals surface area contributed by atoms with Crippen LogP contribution in [0.5, 0.6) is 0 Å². The highest BCUT2D eigenvalue weighted by atomic mass is 19.1. The molecule has 0 spiro atoms. The van der Waals surface area contributed by atoms with E-state index in [1.165, 1.54) is 10.9 Å². The molecule has 1 heterocycles. The third kappa shape index (κ3) is 4.15. The van der Waals surface area contributed by atoms with Crippen molar-refractivity contribution in [3.8, 4) is 0 Å². The van der Waals surface area contributed by atoms with Crippen LogP contribution in [0.25, 0.3) is 0 Å². The number of hydrogen-bond donors (Lipinski definition) is 1. The molecule has 8 heteroatoms. The standard InChI is InChI=1S/C16H17F2N3O3/c1-9(2)15(22)20-14-4-11(12(17)5-13(14)18)16(23)24-8-10-6-19-21(3)7-10/h4-7,9H,8H2,1-3H3,(H,20,22). The highest BCUT2D eigenvalue weighted by molar-refractivity contribution is 5.95. The zero-order chi connectivity index (χ0) is 17.9. The van der Waals surface area contributed by atoms with Gasteiger partial charge in [0.25, 0.3) is 0 Å². The molecule has 0 atom stereocenters. The number of rotatable bonds is 5. The molecule has 0 aliphatic heterocycles. The van der Waals surface area contributed by atoms with Crippen molar-refractivity contribution in [2.75, 3.05) is 5.32 Å². The van der Waals surface area contributed by atoms with Gasteiger partial charge < -0.3 is 10.1 Å². The Hall–Kier alpha value is -2.77. The first kappa shape index (κ1) is 17.6. The highest BCUT2D eigenvalue weighted by Crippen LogP contribution is 2.21. The lowest BCUT2D eigenvalue weighted by molar-refractivity contribution is -0.118. The SMILES string of the molecule is CC(C)C(=O)Nc1cc(C(=O)OCc2cnn(C)c2)c(F)cc1F. The van der Waals surface area contributed by atoms with Gasteiger partial charge in [0, 0.05) is 30.8 Å². The second-order valence-electron chi connectivity index (χ2n) is 5.55. The summed E-state index contributed by atoms with van der Waals surface area (Å²) in [7, 11) is 1.70. The van der Waals surface area contributed by atoms with Gasteiger partial charge in [0.2, 0.25) is 5.91 Å². The average molecular weight is 337 g/mol. The van der Waals surface area contributed by atoms with Crippen LogP contribution in [-0.4, -0.2) is 21.7 Å². The van der Waals surface area contributed by atoms with E-state index in [4.69, 9.17) is 4.74 Å². The Balaban J connectivity index is 2.16. The van der Waals surface area contributed by atoms with Gasteiger partial charge in [-0.15, -0.1) is 0 Å². The molecule has 0 radical (unpaired) electrons. The Morgan fingerprint density at radius 3 is 2.58 bits per heavy atom. The van der Waals surface area contributed by atoms with E-state index in [0.29, 0.717) is 11.6 Å². The normalized spacial score (nSPS) is 10.8. The third-order valence-corrected chi connectivity index (χ3v) is 3.19. The molecule has 0 aliphatic rings. The Labute approximate surface area is 137 Å². The lowest BCUT2D eigenvalue weighted by atomic mass is 10.1. The number of ether oxygens (including phenoxy) is 1. The number of halogens is 2. The van der Waals surface area contributed by atoms with Crippen LogP contribution in [0.3, 0.4) is 0 Å². The second-order valence-corrected chi connectivity index (χ2v) is 5.55. The Bertz CT molecular complexity index is 772. The Morgan fingerprint density at radius 2 is 2.00 bits per heavy atom. The van der Waals surface area contributed by atoms with Crippen molar-refractivity contribution >= 4 is 17.6 Å². The van der Waals surface area contributed by atoms with Gasteiger partial charge in [-0.25, -0.2) is 13.6 Å². The molecule has 0 unspecified atom stereocenters. The molecule has 0 fully saturated rings. The summed E-state index contributed by atoms with van der Waals surface area (Å²) in [5.74, 6) is -3.83. The minimum atomic E-state index is -1.06. The molecule has 0 saturated heterocycles. The first-order chi connectivity index (χ1) is 11.3. The maximum atomic E-state index is 13.8. The molecular weight excluding hydrogens is 320 g/mol. The van der Waals surface area contributed by atoms with E-state index in [2.05, 4.69) is 10.4 Å². The quantitative estimate of drug-likeness (QED) is 0.851. The van der Waals surface area contributed by atoms with Crippen LogP contribution >= 0.6 is 0 Å². The van der Waals surface area contributed by atoms with E-state index in [-0.39, 0.29) is 12.3 Å². The van der Waals surface area contributed by atoms with Gasteiger partial charge in [0.1, 0.15) is 18.2 Å². The minimum Gasteiger partial charge on any atom is -0.457 e. The molecule has 0 aliphatic carbocycles. The molecule has 24 heavy (non-hydrogen) atoms. The van der Waals surface area contributed by atoms with Gasteiger partial charge >= 0.3 is 5.97 Å². The molecule has 1 N–H and O–H groups in total. The number of carbonyl (C=O) groups is 2. The monoisotopic (exact) mass is 337 g/mol. The second kappa shape index (κ2) is 7.20. The van der Waals surface area contributed by atoms with E-state index in [0.717, 1.165) is 6.07 Å². The van der Waals surface area contributed by atoms with E-state index < -0.39 is 35.0 Å². The van der Waals surface area contributed by atoms with Crippen molar-refractivity contribution in [3.63, 3.8) is 0 Å². The van der Waals surface area contributed by atoms with Gasteiger partial charge in [-0.2, -0.15) is 5.10 Å². The van der Waals surface area contributed by atoms with Crippen LogP contribution < -0.4 is 5.32 Å². The van der Waals surface area contributed by atoms with Crippen LogP contribution in [0, 0.1) is 17.6 Å². The number of nitrogens with one attached hydrogen (secondary N) is 1. The van der Waals surface area contributed by atoms with Gasteiger partial charge in [-0.05, 0) is 6.07 Å². The Morgan fingerprint density at radius 1 is 1.29 bits per heavy atom. The topological polar surface area (TPSA) is 73.2 Å². The van der Waals surface area contributed by atoms with E-state index in [1.807, 2.05) is 0 Å². The summed E-state index contributed by atoms with van der Waals surface area (Å²) in [6, 6.07) is 1.47. The zero-order valence-corrected chi connectivity index (χ0v) is 13.5. The van der Waals surface area contributed by atoms with Crippen LogP contribution in [0.2, 0.25) is 0 Å². The predicted octanol–water partition coefficient (Wildman–Crippen LogP) is 2.65. The molecule has 128 valence electrons. The van der Waals surface area contributed by atoms with Crippen LogP contribution in [0.1, 0.15) is 29.8 Å². The van der Waals surface area contributed by atoms with E-state index in [1.54, 1.807) is 27.1 Å². The molecular formula is C16H17F2N3O3. The van der Waals surface area contributed by atoms with E-state index in [9.17, 15) is 18.4 Å². The van der Waals surface area contributed by atoms with Crippen molar-refractivity contribution < 1.29 is 23.1 Å². The number of hydrogen-bond acceptors (Lipinski definition) is 4. The van der Waals surface area contributed by atoms with Crippen molar-refractivity contribution in [1.82, 2.24) is 9.78 Å². The largest absolute Gasteiger partial charge is 0.457 e. The average Bonchev–Trinajstić information content (AvgIpc) is 2.92. The first-order valence-electron chi connectivity index (χ1n) is 7.22. The minimum absolute atomic E-state index is 0.100. The molecule has 0 bridgehead atoms. The third-order valence-electron chi connectivity index (χ3n) is 3.19. The summed E-state index contributed by atoms with van der Waals surface area (Å²) >= 11 is 0. The summed E-state index contributed by atoms with van der Waals surface area (Å²) in [6.45, 7) is 3.15. The van der Waals surface area contributed by atoms with Gasteiger partial charge in [0.05, 0.1) is 17.4 Å². The van der Waals surface area contributed by atoms with Crippen molar-refractivity contribution in [3.05, 3.63) is 47.3 Å². The smallest absolute Gasteiger partial charge is 0.341 e. The number of aryl methyl sites for hydroxylation is 1. The fraction of sp³-hybridized carbons (Fsp3) is 0.312. The molecule has 1 amide bonds. The summed E-state index contributed by atoms with van der Waals surface area (Å²) < 4.78 is 34.1. The van der Waals surface area contributed by atoms with Gasteiger partial charge in [0.15, 0.2) is 0 Å². The lowest BCUT2D eigenvalue weighted by Gasteiger charge is -2.11. The number of aromatic nitrogens is 2. The predicted molar refractivity (Wildman–Crippen MR) is 82.2 cm³/mol. The van der Waals surface area contributed by atoms with Crippen molar-refractivity contribution in [1.29, 1.82) is 0 Å². The van der Waals surface area contributed by atoms with Crippen molar-refractivity contribution in [2.45, 2.75) is 20.5 Å². The molecule has 6 nitrogen and oxygen atoms in total. The number of carbonyl (C=O) groups excluding carboxylic acids is 2. The summed E-state index contributed by atoms with van der Waals surface area (Å²) in [5.41, 5.74) is -0.107. The zero-order valence-electron chi connectivity index (χ0n) is 13.5. The molecule has 2 rings (SSSR count). The van der Waals surface area contributed by atoms with Crippen LogP contribution in [-0.2, 0) is 23.2 Å². The molecule has 1 aromatic carbocycles. The van der Waals surface area contributed by atoms with Crippen LogP contribution in [0.15, 0.2) is 24.5 Å². The summed E-state index contributed by atoms with van der Waals surface area (Å²) in [5, 5.41) is 6.22. The fourth-order valence-corrected chi connectivity index (χ4v) is 1.85. The number of nitrogens with zero attached hydrogens (tertiary/aromatic N) is 2. The number of benzene rings is 1. The number of esters is 1. The number of anilines is 1. The van der Waals surface area contributed by atoms with E-state index >= 15 is 0 Å². The number of amides is 1. The molecule has 0 saturated carbocycles. The van der Waals surface area contributed by atoms with Gasteiger partial charge in [-0.1, -0.05) is 13.8 Å². The van der Waals surface area contributed by atoms with Crippen molar-refractivity contribution in [2.24, 2.45) is 13.0 Å². The fourth-order valence-electron chi connectivity index (χ4n) is 1.85. The maximum absolute atomic E-state index is 13.8. The molecule has 2 aromatic rings. The highest BCUT2D eigenvalue weighted by Gasteiger charge is 2.19. The summed E-state index contributed by atoms with van der Waals surface area (Å²) in [6.07, 6.45) is 3.14. The Kier molecular flexibility index (Phi) is 5.28. The summed E-state index contributed by atoms with van der Waals surface area (Å²) in [4.78, 5) is 23.7. The lowest BCUT2D eigenvalue weighted by Crippen LogP contribution is -2.19. The van der Waals surface area contributed by atoms with Gasteiger partial charge in [-0.3, -0.25) is 9.48 Å².